The van der Waals surface area contributed by atoms with Gasteiger partial charge < -0.3 is 24.1 Å². The molecule has 0 unspecified atom stereocenters. The Balaban J connectivity index is 1.82. The lowest BCUT2D eigenvalue weighted by Crippen LogP contribution is -2.48. The number of thioether (sulfide) groups is 1. The van der Waals surface area contributed by atoms with Gasteiger partial charge in [-0.3, -0.25) is 9.69 Å². The zero-order chi connectivity index (χ0) is 23.8. The summed E-state index contributed by atoms with van der Waals surface area (Å²) < 4.78 is 21.6. The zero-order valence-electron chi connectivity index (χ0n) is 18.7. The second-order valence-electron chi connectivity index (χ2n) is 7.61. The van der Waals surface area contributed by atoms with E-state index in [0.717, 1.165) is 0 Å². The van der Waals surface area contributed by atoms with E-state index in [9.17, 15) is 15.2 Å². The van der Waals surface area contributed by atoms with Gasteiger partial charge in [-0.1, -0.05) is 12.1 Å². The van der Waals surface area contributed by atoms with Gasteiger partial charge in [0.25, 0.3) is 0 Å². The summed E-state index contributed by atoms with van der Waals surface area (Å²) in [5.74, 6) is 1.30. The molecule has 1 saturated heterocycles. The highest BCUT2D eigenvalue weighted by Crippen LogP contribution is 2.53. The number of methoxy groups -OCH3 is 4. The van der Waals surface area contributed by atoms with Crippen LogP contribution in [0.2, 0.25) is 0 Å². The van der Waals surface area contributed by atoms with E-state index in [4.69, 9.17) is 18.9 Å². The molecule has 0 bridgehead atoms. The molecule has 0 saturated carbocycles. The molecule has 2 aliphatic heterocycles. The van der Waals surface area contributed by atoms with Crippen LogP contribution in [0.5, 0.6) is 23.0 Å². The van der Waals surface area contributed by atoms with E-state index in [2.05, 4.69) is 6.07 Å². The molecule has 4 rings (SSSR count). The van der Waals surface area contributed by atoms with E-state index in [-0.39, 0.29) is 18.1 Å². The molecular formula is C24H24N2O6S. The summed E-state index contributed by atoms with van der Waals surface area (Å²) in [4.78, 5) is 14.7. The lowest BCUT2D eigenvalue weighted by Gasteiger charge is -2.38. The Bertz CT molecular complexity index is 1150. The Morgan fingerprint density at radius 2 is 1.79 bits per heavy atom. The van der Waals surface area contributed by atoms with Gasteiger partial charge >= 0.3 is 0 Å². The number of allylic oxidation sites excluding steroid dienone is 1. The highest BCUT2D eigenvalue weighted by atomic mass is 32.2. The summed E-state index contributed by atoms with van der Waals surface area (Å²) in [6, 6.07) is 12.8. The Labute approximate surface area is 196 Å². The minimum absolute atomic E-state index is 0.0118. The number of fused-ring (bicyclic) bond motifs is 1. The van der Waals surface area contributed by atoms with E-state index in [0.29, 0.717) is 44.7 Å². The van der Waals surface area contributed by atoms with Crippen LogP contribution in [-0.2, 0) is 10.5 Å². The number of nitriles is 1. The van der Waals surface area contributed by atoms with Crippen molar-refractivity contribution in [3.05, 3.63) is 58.1 Å². The number of rotatable bonds is 6. The number of carbonyl (C=O) groups excluding carboxylic acids is 1. The molecule has 2 aromatic rings. The molecule has 2 aliphatic rings. The van der Waals surface area contributed by atoms with Crippen molar-refractivity contribution in [1.29, 1.82) is 5.26 Å². The molecule has 2 atom stereocenters. The largest absolute Gasteiger partial charge is 0.497 e. The average molecular weight is 469 g/mol. The third kappa shape index (κ3) is 3.65. The van der Waals surface area contributed by atoms with E-state index in [1.54, 1.807) is 43.5 Å². The maximum Gasteiger partial charge on any atom is 0.231 e. The molecule has 172 valence electrons. The van der Waals surface area contributed by atoms with Crippen molar-refractivity contribution in [2.75, 3.05) is 34.2 Å². The Morgan fingerprint density at radius 3 is 2.36 bits per heavy atom. The summed E-state index contributed by atoms with van der Waals surface area (Å²) in [6.07, 6.45) is 0.0118. The molecule has 1 fully saturated rings. The van der Waals surface area contributed by atoms with Crippen LogP contribution in [0, 0.1) is 11.3 Å². The normalized spacial score (nSPS) is 22.0. The molecule has 1 amide bonds. The van der Waals surface area contributed by atoms with Gasteiger partial charge in [0.1, 0.15) is 5.75 Å². The minimum Gasteiger partial charge on any atom is -0.497 e. The van der Waals surface area contributed by atoms with Crippen LogP contribution in [-0.4, -0.2) is 50.1 Å². The van der Waals surface area contributed by atoms with Gasteiger partial charge in [-0.05, 0) is 29.8 Å². The van der Waals surface area contributed by atoms with E-state index in [1.165, 1.54) is 38.0 Å². The molecular weight excluding hydrogens is 444 g/mol. The molecule has 0 aliphatic carbocycles. The number of amides is 1. The fourth-order valence-corrected chi connectivity index (χ4v) is 5.66. The van der Waals surface area contributed by atoms with Crippen molar-refractivity contribution in [1.82, 2.24) is 4.90 Å². The van der Waals surface area contributed by atoms with Crippen LogP contribution < -0.4 is 18.9 Å². The second kappa shape index (κ2) is 8.89. The molecule has 0 radical (unpaired) electrons. The number of carbonyl (C=O) groups is 1. The molecule has 2 heterocycles. The first-order valence-corrected chi connectivity index (χ1v) is 11.2. The monoisotopic (exact) mass is 468 g/mol. The minimum atomic E-state index is -1.58. The Hall–Kier alpha value is -3.35. The molecule has 9 heteroatoms. The number of hydrogen-bond acceptors (Lipinski definition) is 8. The quantitative estimate of drug-likeness (QED) is 0.689. The van der Waals surface area contributed by atoms with Crippen LogP contribution in [0.1, 0.15) is 23.5 Å². The van der Waals surface area contributed by atoms with Gasteiger partial charge in [-0.15, -0.1) is 11.8 Å². The molecule has 0 aromatic heterocycles. The highest BCUT2D eigenvalue weighted by Gasteiger charge is 2.52. The predicted octanol–water partition coefficient (Wildman–Crippen LogP) is 3.36. The van der Waals surface area contributed by atoms with E-state index in [1.807, 2.05) is 0 Å². The SMILES string of the molecule is COc1cccc([C@@]2(O)CSC3=C(C#N)[C@@H](c4cc(OC)c(OC)c(OC)c4)CC(=O)N32)c1. The van der Waals surface area contributed by atoms with Crippen LogP contribution in [0.4, 0.5) is 0 Å². The molecule has 1 N–H and O–H groups in total. The Morgan fingerprint density at radius 1 is 1.09 bits per heavy atom. The second-order valence-corrected chi connectivity index (χ2v) is 8.58. The standard InChI is InChI=1S/C24H24N2O6S/c1-29-16-7-5-6-15(10-16)24(28)13-33-23-18(12-25)17(11-21(27)26(23)24)14-8-19(30-2)22(32-4)20(9-14)31-3/h5-10,17,28H,11,13H2,1-4H3/t17-,24+/m1/s1. The predicted molar refractivity (Wildman–Crippen MR) is 122 cm³/mol. The van der Waals surface area contributed by atoms with Crippen LogP contribution in [0.25, 0.3) is 0 Å². The molecule has 33 heavy (non-hydrogen) atoms. The van der Waals surface area contributed by atoms with Crippen LogP contribution >= 0.6 is 11.8 Å². The van der Waals surface area contributed by atoms with Gasteiger partial charge in [0, 0.05) is 17.9 Å². The topological polar surface area (TPSA) is 101 Å². The highest BCUT2D eigenvalue weighted by molar-refractivity contribution is 8.03. The number of ether oxygens (including phenoxy) is 4. The third-order valence-corrected chi connectivity index (χ3v) is 7.15. The van der Waals surface area contributed by atoms with Gasteiger partial charge in [0.15, 0.2) is 17.2 Å². The lowest BCUT2D eigenvalue weighted by molar-refractivity contribution is -0.149. The molecule has 8 nitrogen and oxygen atoms in total. The average Bonchev–Trinajstić information content (AvgIpc) is 3.22. The summed E-state index contributed by atoms with van der Waals surface area (Å²) in [5.41, 5.74) is 0.0569. The smallest absolute Gasteiger partial charge is 0.231 e. The summed E-state index contributed by atoms with van der Waals surface area (Å²) in [6.45, 7) is 0. The van der Waals surface area contributed by atoms with Gasteiger partial charge in [0.05, 0.1) is 50.9 Å². The number of nitrogens with zero attached hydrogens (tertiary/aromatic N) is 2. The molecule has 2 aromatic carbocycles. The summed E-state index contributed by atoms with van der Waals surface area (Å²) in [7, 11) is 6.08. The van der Waals surface area contributed by atoms with Gasteiger partial charge in [-0.2, -0.15) is 5.26 Å². The van der Waals surface area contributed by atoms with E-state index < -0.39 is 11.6 Å². The van der Waals surface area contributed by atoms with Crippen molar-refractivity contribution in [2.45, 2.75) is 18.1 Å². The van der Waals surface area contributed by atoms with Crippen molar-refractivity contribution in [3.63, 3.8) is 0 Å². The maximum atomic E-state index is 13.4. The maximum absolute atomic E-state index is 13.4. The third-order valence-electron chi connectivity index (χ3n) is 5.93. The summed E-state index contributed by atoms with van der Waals surface area (Å²) >= 11 is 1.29. The fraction of sp³-hybridized carbons (Fsp3) is 0.333. The van der Waals surface area contributed by atoms with Crippen LogP contribution in [0.15, 0.2) is 47.0 Å². The first-order chi connectivity index (χ1) is 15.9. The molecule has 0 spiro atoms. The first kappa shape index (κ1) is 22.8. The van der Waals surface area contributed by atoms with Gasteiger partial charge in [0.2, 0.25) is 11.7 Å². The first-order valence-electron chi connectivity index (χ1n) is 10.2. The number of benzene rings is 2. The Kier molecular flexibility index (Phi) is 6.15. The van der Waals surface area contributed by atoms with E-state index >= 15 is 0 Å². The summed E-state index contributed by atoms with van der Waals surface area (Å²) in [5, 5.41) is 22.1. The van der Waals surface area contributed by atoms with Crippen molar-refractivity contribution < 1.29 is 28.8 Å². The van der Waals surface area contributed by atoms with Crippen molar-refractivity contribution in [3.8, 4) is 29.1 Å². The van der Waals surface area contributed by atoms with Crippen molar-refractivity contribution in [2.24, 2.45) is 0 Å². The van der Waals surface area contributed by atoms with Gasteiger partial charge in [-0.25, -0.2) is 0 Å². The van der Waals surface area contributed by atoms with Crippen molar-refractivity contribution >= 4 is 17.7 Å². The lowest BCUT2D eigenvalue weighted by atomic mass is 9.85. The fourth-order valence-electron chi connectivity index (χ4n) is 4.30. The number of hydrogen-bond donors (Lipinski definition) is 1. The van der Waals surface area contributed by atoms with Crippen LogP contribution in [0.3, 0.4) is 0 Å². The zero-order valence-corrected chi connectivity index (χ0v) is 19.6. The number of aliphatic hydroxyl groups is 1.